The van der Waals surface area contributed by atoms with E-state index in [1.165, 1.54) is 16.7 Å². The van der Waals surface area contributed by atoms with Crippen molar-refractivity contribution in [2.24, 2.45) is 5.73 Å². The second kappa shape index (κ2) is 5.97. The summed E-state index contributed by atoms with van der Waals surface area (Å²) in [7, 11) is 0. The molecule has 1 aliphatic carbocycles. The van der Waals surface area contributed by atoms with Crippen molar-refractivity contribution in [2.75, 3.05) is 0 Å². The number of nitrogens with two attached hydrogens (primary N) is 1. The molecule has 0 saturated carbocycles. The van der Waals surface area contributed by atoms with Crippen molar-refractivity contribution in [3.63, 3.8) is 0 Å². The zero-order valence-corrected chi connectivity index (χ0v) is 14.1. The Hall–Kier alpha value is -3.09. The molecule has 1 amide bonds. The zero-order valence-electron chi connectivity index (χ0n) is 14.1. The predicted molar refractivity (Wildman–Crippen MR) is 94.1 cm³/mol. The van der Waals surface area contributed by atoms with E-state index in [1.54, 1.807) is 24.3 Å². The Morgan fingerprint density at radius 3 is 2.52 bits per heavy atom. The zero-order chi connectivity index (χ0) is 19.3. The molecule has 1 aromatic heterocycles. The van der Waals surface area contributed by atoms with Gasteiger partial charge in [0.25, 0.3) is 0 Å². The summed E-state index contributed by atoms with van der Waals surface area (Å²) < 4.78 is 42.8. The minimum Gasteiger partial charge on any atom is -0.366 e. The molecule has 1 heterocycles. The molecule has 3 aromatic rings. The van der Waals surface area contributed by atoms with Gasteiger partial charge in [-0.1, -0.05) is 18.2 Å². The lowest BCUT2D eigenvalue weighted by atomic mass is 9.94. The van der Waals surface area contributed by atoms with Crippen LogP contribution >= 0.6 is 0 Å². The summed E-state index contributed by atoms with van der Waals surface area (Å²) in [6.07, 6.45) is -3.21. The van der Waals surface area contributed by atoms with Crippen LogP contribution in [0.25, 0.3) is 16.6 Å². The lowest BCUT2D eigenvalue weighted by molar-refractivity contribution is -0.137. The molecule has 4 rings (SSSR count). The van der Waals surface area contributed by atoms with E-state index in [1.807, 2.05) is 0 Å². The Bertz CT molecular complexity index is 1100. The average Bonchev–Trinajstić information content (AvgIpc) is 2.96. The molecule has 0 saturated heterocycles. The average molecular weight is 372 g/mol. The van der Waals surface area contributed by atoms with Crippen LogP contribution in [0.15, 0.2) is 42.5 Å². The Kier molecular flexibility index (Phi) is 3.83. The minimum absolute atomic E-state index is 0.0616. The van der Waals surface area contributed by atoms with E-state index in [2.05, 4.69) is 0 Å². The third-order valence-electron chi connectivity index (χ3n) is 4.90. The Morgan fingerprint density at radius 2 is 1.81 bits per heavy atom. The van der Waals surface area contributed by atoms with Gasteiger partial charge in [-0.25, -0.2) is 0 Å². The number of carbonyl (C=O) groups excluding carboxylic acids is 2. The van der Waals surface area contributed by atoms with Crippen LogP contribution < -0.4 is 5.73 Å². The maximum absolute atomic E-state index is 13.8. The van der Waals surface area contributed by atoms with Crippen LogP contribution in [0.3, 0.4) is 0 Å². The molecule has 2 N–H and O–H groups in total. The highest BCUT2D eigenvalue weighted by atomic mass is 19.4. The minimum atomic E-state index is -4.68. The molecule has 2 aromatic carbocycles. The number of Topliss-reactive ketones (excluding diaryl/α,β-unsaturated/α-hetero) is 1. The number of carbonyl (C=O) groups is 2. The van der Waals surface area contributed by atoms with Crippen molar-refractivity contribution < 1.29 is 22.8 Å². The predicted octanol–water partition coefficient (Wildman–Crippen LogP) is 4.27. The SMILES string of the molecule is NC(=O)c1ccc(-n2c3c(c4ccccc42)C(=O)CCC3)c(C(F)(F)F)c1. The first-order valence-corrected chi connectivity index (χ1v) is 8.46. The lowest BCUT2D eigenvalue weighted by Gasteiger charge is -2.20. The monoisotopic (exact) mass is 372 g/mol. The normalized spacial score (nSPS) is 14.4. The van der Waals surface area contributed by atoms with Crippen molar-refractivity contribution in [1.29, 1.82) is 0 Å². The smallest absolute Gasteiger partial charge is 0.366 e. The highest BCUT2D eigenvalue weighted by Crippen LogP contribution is 2.40. The first-order chi connectivity index (χ1) is 12.8. The van der Waals surface area contributed by atoms with Gasteiger partial charge in [-0.2, -0.15) is 13.2 Å². The lowest BCUT2D eigenvalue weighted by Crippen LogP contribution is -2.18. The number of nitrogens with zero attached hydrogens (tertiary/aromatic N) is 1. The summed E-state index contributed by atoms with van der Waals surface area (Å²) in [5.74, 6) is -0.991. The molecule has 0 spiro atoms. The largest absolute Gasteiger partial charge is 0.418 e. The van der Waals surface area contributed by atoms with Crippen LogP contribution in [0.1, 0.15) is 44.8 Å². The van der Waals surface area contributed by atoms with Gasteiger partial charge < -0.3 is 10.3 Å². The first kappa shape index (κ1) is 17.3. The fraction of sp³-hybridized carbons (Fsp3) is 0.200. The van der Waals surface area contributed by atoms with E-state index in [9.17, 15) is 22.8 Å². The van der Waals surface area contributed by atoms with Gasteiger partial charge in [0.2, 0.25) is 5.91 Å². The number of amides is 1. The fourth-order valence-corrected chi connectivity index (χ4v) is 3.77. The first-order valence-electron chi connectivity index (χ1n) is 8.46. The number of halogens is 3. The van der Waals surface area contributed by atoms with E-state index in [0.29, 0.717) is 41.4 Å². The second-order valence-corrected chi connectivity index (χ2v) is 6.54. The Balaban J connectivity index is 2.10. The van der Waals surface area contributed by atoms with Crippen LogP contribution in [-0.4, -0.2) is 16.3 Å². The molecular formula is C20H15F3N2O2. The van der Waals surface area contributed by atoms with E-state index in [-0.39, 0.29) is 17.0 Å². The van der Waals surface area contributed by atoms with Gasteiger partial charge in [-0.3, -0.25) is 9.59 Å². The van der Waals surface area contributed by atoms with Gasteiger partial charge in [0.1, 0.15) is 0 Å². The molecule has 1 aliphatic rings. The van der Waals surface area contributed by atoms with Crippen LogP contribution in [0, 0.1) is 0 Å². The van der Waals surface area contributed by atoms with Crippen molar-refractivity contribution in [3.8, 4) is 5.69 Å². The molecule has 0 atom stereocenters. The molecule has 7 heteroatoms. The number of ketones is 1. The molecule has 0 radical (unpaired) electrons. The second-order valence-electron chi connectivity index (χ2n) is 6.54. The molecule has 0 fully saturated rings. The number of para-hydroxylation sites is 1. The van der Waals surface area contributed by atoms with Crippen molar-refractivity contribution >= 4 is 22.6 Å². The molecule has 0 bridgehead atoms. The summed E-state index contributed by atoms with van der Waals surface area (Å²) in [5.41, 5.74) is 5.47. The van der Waals surface area contributed by atoms with Crippen molar-refractivity contribution in [1.82, 2.24) is 4.57 Å². The number of benzene rings is 2. The standard InChI is InChI=1S/C20H15F3N2O2/c21-20(22,23)13-10-11(19(24)27)8-9-15(13)25-14-5-2-1-4-12(14)18-16(25)6-3-7-17(18)26/h1-2,4-5,8-10H,3,6-7H2,(H2,24,27). The van der Waals surface area contributed by atoms with Crippen LogP contribution in [0.2, 0.25) is 0 Å². The molecule has 138 valence electrons. The third-order valence-corrected chi connectivity index (χ3v) is 4.90. The summed E-state index contributed by atoms with van der Waals surface area (Å²) in [6, 6.07) is 10.2. The van der Waals surface area contributed by atoms with E-state index < -0.39 is 17.6 Å². The maximum atomic E-state index is 13.8. The van der Waals surface area contributed by atoms with Crippen molar-refractivity contribution in [2.45, 2.75) is 25.4 Å². The van der Waals surface area contributed by atoms with Gasteiger partial charge >= 0.3 is 6.18 Å². The number of aromatic nitrogens is 1. The van der Waals surface area contributed by atoms with E-state index in [4.69, 9.17) is 5.73 Å². The van der Waals surface area contributed by atoms with Crippen LogP contribution in [-0.2, 0) is 12.6 Å². The highest BCUT2D eigenvalue weighted by Gasteiger charge is 2.36. The van der Waals surface area contributed by atoms with E-state index in [0.717, 1.165) is 6.07 Å². The van der Waals surface area contributed by atoms with Crippen LogP contribution in [0.5, 0.6) is 0 Å². The number of fused-ring (bicyclic) bond motifs is 3. The fourth-order valence-electron chi connectivity index (χ4n) is 3.77. The molecular weight excluding hydrogens is 357 g/mol. The van der Waals surface area contributed by atoms with Gasteiger partial charge in [0.05, 0.1) is 16.8 Å². The van der Waals surface area contributed by atoms with Gasteiger partial charge in [-0.05, 0) is 37.1 Å². The van der Waals surface area contributed by atoms with Gasteiger partial charge in [0.15, 0.2) is 5.78 Å². The number of alkyl halides is 3. The van der Waals surface area contributed by atoms with Crippen molar-refractivity contribution in [3.05, 3.63) is 64.8 Å². The quantitative estimate of drug-likeness (QED) is 0.730. The topological polar surface area (TPSA) is 65.1 Å². The summed E-state index contributed by atoms with van der Waals surface area (Å²) in [5, 5.41) is 0.643. The van der Waals surface area contributed by atoms with Gasteiger partial charge in [-0.15, -0.1) is 0 Å². The summed E-state index contributed by atoms with van der Waals surface area (Å²) >= 11 is 0. The number of hydrogen-bond donors (Lipinski definition) is 1. The number of rotatable bonds is 2. The van der Waals surface area contributed by atoms with Gasteiger partial charge in [0, 0.05) is 28.6 Å². The molecule has 4 nitrogen and oxygen atoms in total. The number of primary amides is 1. The summed E-state index contributed by atoms with van der Waals surface area (Å²) in [6.45, 7) is 0. The third kappa shape index (κ3) is 2.70. The Labute approximate surface area is 152 Å². The van der Waals surface area contributed by atoms with E-state index >= 15 is 0 Å². The van der Waals surface area contributed by atoms with Crippen LogP contribution in [0.4, 0.5) is 13.2 Å². The summed E-state index contributed by atoms with van der Waals surface area (Å²) in [4.78, 5) is 23.8. The molecule has 0 unspecified atom stereocenters. The molecule has 27 heavy (non-hydrogen) atoms. The number of hydrogen-bond acceptors (Lipinski definition) is 2. The highest BCUT2D eigenvalue weighted by molar-refractivity contribution is 6.10. The molecule has 0 aliphatic heterocycles. The Morgan fingerprint density at radius 1 is 1.07 bits per heavy atom. The maximum Gasteiger partial charge on any atom is 0.418 e.